The average Bonchev–Trinajstić information content (AvgIpc) is 2.64. The first-order valence-corrected chi connectivity index (χ1v) is 10.4. The van der Waals surface area contributed by atoms with Gasteiger partial charge in [0.15, 0.2) is 0 Å². The summed E-state index contributed by atoms with van der Waals surface area (Å²) in [6.07, 6.45) is 0.415. The third kappa shape index (κ3) is 6.80. The summed E-state index contributed by atoms with van der Waals surface area (Å²) in [7, 11) is 0. The lowest BCUT2D eigenvalue weighted by Gasteiger charge is -2.31. The quantitative estimate of drug-likeness (QED) is 0.526. The SMILES string of the molecule is CC(CN(CCCCN1CCCCC1=O)C(C)C)c1cccc(C(F)(F)F)c1. The Balaban J connectivity index is 1.85. The molecule has 0 bridgehead atoms. The van der Waals surface area contributed by atoms with Gasteiger partial charge in [-0.05, 0) is 63.6 Å². The zero-order valence-electron chi connectivity index (χ0n) is 17.3. The van der Waals surface area contributed by atoms with Gasteiger partial charge in [0, 0.05) is 32.1 Å². The van der Waals surface area contributed by atoms with Gasteiger partial charge in [0.2, 0.25) is 5.91 Å². The van der Waals surface area contributed by atoms with Crippen molar-refractivity contribution in [2.45, 2.75) is 71.0 Å². The minimum atomic E-state index is -4.31. The number of rotatable bonds is 9. The predicted octanol–water partition coefficient (Wildman–Crippen LogP) is 5.31. The molecule has 28 heavy (non-hydrogen) atoms. The number of piperidine rings is 1. The molecule has 158 valence electrons. The zero-order valence-corrected chi connectivity index (χ0v) is 17.3. The Kier molecular flexibility index (Phi) is 8.35. The Labute approximate surface area is 166 Å². The van der Waals surface area contributed by atoms with Crippen LogP contribution in [0.3, 0.4) is 0 Å². The number of hydrogen-bond donors (Lipinski definition) is 0. The minimum Gasteiger partial charge on any atom is -0.343 e. The van der Waals surface area contributed by atoms with Gasteiger partial charge in [-0.3, -0.25) is 4.79 Å². The van der Waals surface area contributed by atoms with Crippen LogP contribution < -0.4 is 0 Å². The van der Waals surface area contributed by atoms with Gasteiger partial charge < -0.3 is 9.80 Å². The molecule has 0 radical (unpaired) electrons. The lowest BCUT2D eigenvalue weighted by molar-refractivity contribution is -0.137. The maximum atomic E-state index is 13.0. The molecule has 1 amide bonds. The topological polar surface area (TPSA) is 23.6 Å². The molecule has 1 aromatic rings. The lowest BCUT2D eigenvalue weighted by Crippen LogP contribution is -2.37. The maximum absolute atomic E-state index is 13.0. The summed E-state index contributed by atoms with van der Waals surface area (Å²) >= 11 is 0. The molecule has 1 aliphatic heterocycles. The second-order valence-electron chi connectivity index (χ2n) is 8.16. The van der Waals surface area contributed by atoms with E-state index in [0.29, 0.717) is 12.5 Å². The molecule has 1 atom stereocenters. The number of amides is 1. The van der Waals surface area contributed by atoms with Gasteiger partial charge >= 0.3 is 6.18 Å². The van der Waals surface area contributed by atoms with E-state index in [2.05, 4.69) is 18.7 Å². The maximum Gasteiger partial charge on any atom is 0.416 e. The van der Waals surface area contributed by atoms with Crippen molar-refractivity contribution in [1.29, 1.82) is 0 Å². The monoisotopic (exact) mass is 398 g/mol. The summed E-state index contributed by atoms with van der Waals surface area (Å²) in [5, 5.41) is 0. The summed E-state index contributed by atoms with van der Waals surface area (Å²) in [5.74, 6) is 0.290. The van der Waals surface area contributed by atoms with Gasteiger partial charge in [-0.25, -0.2) is 0 Å². The van der Waals surface area contributed by atoms with E-state index < -0.39 is 11.7 Å². The lowest BCUT2D eigenvalue weighted by atomic mass is 9.97. The molecule has 1 heterocycles. The number of unbranched alkanes of at least 4 members (excludes halogenated alkanes) is 1. The Morgan fingerprint density at radius 1 is 1.14 bits per heavy atom. The molecule has 0 N–H and O–H groups in total. The van der Waals surface area contributed by atoms with Crippen LogP contribution in [0.5, 0.6) is 0 Å². The van der Waals surface area contributed by atoms with Crippen LogP contribution >= 0.6 is 0 Å². The van der Waals surface area contributed by atoms with Gasteiger partial charge in [-0.1, -0.05) is 25.1 Å². The molecule has 0 saturated carbocycles. The molecule has 0 spiro atoms. The number of alkyl halides is 3. The van der Waals surface area contributed by atoms with Crippen molar-refractivity contribution in [3.63, 3.8) is 0 Å². The number of likely N-dealkylation sites (tertiary alicyclic amines) is 1. The third-order valence-corrected chi connectivity index (χ3v) is 5.57. The molecule has 0 aliphatic carbocycles. The second-order valence-corrected chi connectivity index (χ2v) is 8.16. The van der Waals surface area contributed by atoms with Gasteiger partial charge in [-0.2, -0.15) is 13.2 Å². The van der Waals surface area contributed by atoms with Crippen molar-refractivity contribution in [3.8, 4) is 0 Å². The summed E-state index contributed by atoms with van der Waals surface area (Å²) in [6.45, 7) is 9.52. The first kappa shape index (κ1) is 22.7. The molecule has 1 aromatic carbocycles. The first-order chi connectivity index (χ1) is 13.2. The van der Waals surface area contributed by atoms with Gasteiger partial charge in [0.05, 0.1) is 5.56 Å². The highest BCUT2D eigenvalue weighted by atomic mass is 19.4. The van der Waals surface area contributed by atoms with Crippen molar-refractivity contribution in [2.75, 3.05) is 26.2 Å². The van der Waals surface area contributed by atoms with E-state index in [1.54, 1.807) is 6.07 Å². The van der Waals surface area contributed by atoms with E-state index in [1.165, 1.54) is 12.1 Å². The van der Waals surface area contributed by atoms with Crippen LogP contribution in [0.25, 0.3) is 0 Å². The van der Waals surface area contributed by atoms with Gasteiger partial charge in [-0.15, -0.1) is 0 Å². The smallest absolute Gasteiger partial charge is 0.343 e. The van der Waals surface area contributed by atoms with Crippen molar-refractivity contribution >= 4 is 5.91 Å². The van der Waals surface area contributed by atoms with Crippen LogP contribution in [0.4, 0.5) is 13.2 Å². The minimum absolute atomic E-state index is 0.0216. The first-order valence-electron chi connectivity index (χ1n) is 10.4. The third-order valence-electron chi connectivity index (χ3n) is 5.57. The highest BCUT2D eigenvalue weighted by Crippen LogP contribution is 2.31. The Morgan fingerprint density at radius 2 is 1.89 bits per heavy atom. The van der Waals surface area contributed by atoms with Gasteiger partial charge in [0.25, 0.3) is 0 Å². The predicted molar refractivity (Wildman–Crippen MR) is 106 cm³/mol. The van der Waals surface area contributed by atoms with E-state index in [1.807, 2.05) is 11.8 Å². The molecule has 3 nitrogen and oxygen atoms in total. The number of carbonyl (C=O) groups is 1. The van der Waals surface area contributed by atoms with Crippen molar-refractivity contribution in [2.24, 2.45) is 0 Å². The molecule has 1 aliphatic rings. The zero-order chi connectivity index (χ0) is 20.7. The molecular weight excluding hydrogens is 365 g/mol. The normalized spacial score (nSPS) is 16.9. The highest BCUT2D eigenvalue weighted by Gasteiger charge is 2.30. The molecule has 1 saturated heterocycles. The van der Waals surface area contributed by atoms with Crippen LogP contribution in [0.1, 0.15) is 69.9 Å². The van der Waals surface area contributed by atoms with Crippen LogP contribution in [0.2, 0.25) is 0 Å². The molecule has 6 heteroatoms. The van der Waals surface area contributed by atoms with Crippen molar-refractivity contribution < 1.29 is 18.0 Å². The van der Waals surface area contributed by atoms with E-state index in [9.17, 15) is 18.0 Å². The molecule has 1 fully saturated rings. The summed E-state index contributed by atoms with van der Waals surface area (Å²) in [5.41, 5.74) is 0.138. The number of nitrogens with zero attached hydrogens (tertiary/aromatic N) is 2. The number of hydrogen-bond acceptors (Lipinski definition) is 2. The molecule has 0 aromatic heterocycles. The van der Waals surface area contributed by atoms with Crippen molar-refractivity contribution in [1.82, 2.24) is 9.80 Å². The Bertz CT molecular complexity index is 630. The van der Waals surface area contributed by atoms with Gasteiger partial charge in [0.1, 0.15) is 0 Å². The number of benzene rings is 1. The molecular formula is C22H33F3N2O. The number of carbonyl (C=O) groups excluding carboxylic acids is 1. The fourth-order valence-electron chi connectivity index (χ4n) is 3.75. The van der Waals surface area contributed by atoms with E-state index >= 15 is 0 Å². The number of halogens is 3. The molecule has 1 unspecified atom stereocenters. The average molecular weight is 399 g/mol. The molecule has 2 rings (SSSR count). The van der Waals surface area contributed by atoms with Crippen LogP contribution in [-0.4, -0.2) is 47.9 Å². The second kappa shape index (κ2) is 10.3. The van der Waals surface area contributed by atoms with E-state index in [-0.39, 0.29) is 11.8 Å². The standard InChI is InChI=1S/C22H33F3N2O/c1-17(2)27(14-7-6-13-26-12-5-4-11-21(26)28)16-18(3)19-9-8-10-20(15-19)22(23,24)25/h8-10,15,17-18H,4-7,11-14,16H2,1-3H3. The van der Waals surface area contributed by atoms with Crippen LogP contribution in [-0.2, 0) is 11.0 Å². The Hall–Kier alpha value is -1.56. The largest absolute Gasteiger partial charge is 0.416 e. The fourth-order valence-corrected chi connectivity index (χ4v) is 3.75. The Morgan fingerprint density at radius 3 is 2.54 bits per heavy atom. The summed E-state index contributed by atoms with van der Waals surface area (Å²) in [6, 6.07) is 5.98. The fraction of sp³-hybridized carbons (Fsp3) is 0.682. The van der Waals surface area contributed by atoms with E-state index in [0.717, 1.165) is 63.5 Å². The summed E-state index contributed by atoms with van der Waals surface area (Å²) in [4.78, 5) is 16.2. The van der Waals surface area contributed by atoms with Crippen LogP contribution in [0.15, 0.2) is 24.3 Å². The van der Waals surface area contributed by atoms with E-state index in [4.69, 9.17) is 0 Å². The highest BCUT2D eigenvalue weighted by molar-refractivity contribution is 5.76. The van der Waals surface area contributed by atoms with Crippen LogP contribution in [0, 0.1) is 0 Å². The van der Waals surface area contributed by atoms with Crippen molar-refractivity contribution in [3.05, 3.63) is 35.4 Å². The summed E-state index contributed by atoms with van der Waals surface area (Å²) < 4.78 is 38.9.